The zero-order chi connectivity index (χ0) is 25.9. The second-order valence-electron chi connectivity index (χ2n) is 9.25. The van der Waals surface area contributed by atoms with Crippen LogP contribution in [0.2, 0.25) is 0 Å². The molecule has 2 aliphatic rings. The second-order valence-corrected chi connectivity index (χ2v) is 9.25. The minimum absolute atomic E-state index is 0.155. The molecule has 0 saturated carbocycles. The highest BCUT2D eigenvalue weighted by Crippen LogP contribution is 2.34. The highest BCUT2D eigenvalue weighted by molar-refractivity contribution is 5.92. The molecule has 3 aromatic carbocycles. The smallest absolute Gasteiger partial charge is 0.273 e. The van der Waals surface area contributed by atoms with E-state index in [1.165, 1.54) is 6.26 Å². The van der Waals surface area contributed by atoms with Crippen LogP contribution in [0.25, 0.3) is 0 Å². The Morgan fingerprint density at radius 1 is 0.842 bits per heavy atom. The van der Waals surface area contributed by atoms with Gasteiger partial charge in [-0.05, 0) is 47.9 Å². The van der Waals surface area contributed by atoms with Gasteiger partial charge in [0, 0.05) is 13.1 Å². The number of benzene rings is 3. The molecule has 9 heteroatoms. The number of carbonyl (C=O) groups excluding carboxylic acids is 1. The fourth-order valence-electron chi connectivity index (χ4n) is 4.54. The maximum atomic E-state index is 12.8. The topological polar surface area (TPSA) is 95.3 Å². The summed E-state index contributed by atoms with van der Waals surface area (Å²) >= 11 is 0. The molecule has 0 spiro atoms. The van der Waals surface area contributed by atoms with E-state index in [0.717, 1.165) is 39.7 Å². The van der Waals surface area contributed by atoms with Crippen LogP contribution in [-0.2, 0) is 19.6 Å². The van der Waals surface area contributed by atoms with E-state index in [0.29, 0.717) is 25.5 Å². The average molecular weight is 514 g/mol. The predicted molar refractivity (Wildman–Crippen MR) is 137 cm³/mol. The van der Waals surface area contributed by atoms with Crippen LogP contribution in [0.4, 0.5) is 0 Å². The van der Waals surface area contributed by atoms with Crippen molar-refractivity contribution in [1.82, 2.24) is 15.2 Å². The Hall–Kier alpha value is -4.50. The molecule has 38 heavy (non-hydrogen) atoms. The van der Waals surface area contributed by atoms with Gasteiger partial charge in [-0.25, -0.2) is 4.98 Å². The van der Waals surface area contributed by atoms with Crippen molar-refractivity contribution in [3.05, 3.63) is 101 Å². The SMILES string of the molecule is C[C@@H](NC(=O)c1coc(CN(Cc2ccc3c(c2)OCO3)Cc2ccc3c(c2)OCO3)n1)c1ccccc1. The zero-order valence-corrected chi connectivity index (χ0v) is 20.9. The number of nitrogens with zero attached hydrogens (tertiary/aromatic N) is 2. The minimum atomic E-state index is -0.283. The summed E-state index contributed by atoms with van der Waals surface area (Å²) in [5, 5.41) is 2.98. The van der Waals surface area contributed by atoms with E-state index in [2.05, 4.69) is 15.2 Å². The molecule has 1 aromatic heterocycles. The highest BCUT2D eigenvalue weighted by Gasteiger charge is 2.20. The molecule has 194 valence electrons. The first-order valence-corrected chi connectivity index (χ1v) is 12.4. The van der Waals surface area contributed by atoms with Gasteiger partial charge in [0.1, 0.15) is 6.26 Å². The Bertz CT molecular complexity index is 1380. The molecular formula is C29H27N3O6. The Labute approximate surface area is 219 Å². The van der Waals surface area contributed by atoms with Crippen LogP contribution in [0.1, 0.15) is 46.0 Å². The number of aromatic nitrogens is 1. The second kappa shape index (κ2) is 10.5. The van der Waals surface area contributed by atoms with Gasteiger partial charge in [0.15, 0.2) is 28.7 Å². The van der Waals surface area contributed by atoms with Gasteiger partial charge in [-0.1, -0.05) is 42.5 Å². The lowest BCUT2D eigenvalue weighted by Gasteiger charge is -2.21. The van der Waals surface area contributed by atoms with Gasteiger partial charge in [0.05, 0.1) is 12.6 Å². The quantitative estimate of drug-likeness (QED) is 0.340. The largest absolute Gasteiger partial charge is 0.454 e. The van der Waals surface area contributed by atoms with Crippen molar-refractivity contribution in [3.63, 3.8) is 0 Å². The zero-order valence-electron chi connectivity index (χ0n) is 20.9. The summed E-state index contributed by atoms with van der Waals surface area (Å²) in [7, 11) is 0. The van der Waals surface area contributed by atoms with Crippen LogP contribution in [0.3, 0.4) is 0 Å². The summed E-state index contributed by atoms with van der Waals surface area (Å²) in [5.41, 5.74) is 3.37. The van der Waals surface area contributed by atoms with Crippen LogP contribution >= 0.6 is 0 Å². The molecule has 1 atom stereocenters. The summed E-state index contributed by atoms with van der Waals surface area (Å²) in [6.45, 7) is 3.98. The Morgan fingerprint density at radius 3 is 2.08 bits per heavy atom. The summed E-state index contributed by atoms with van der Waals surface area (Å²) in [6, 6.07) is 21.4. The number of hydrogen-bond acceptors (Lipinski definition) is 8. The monoisotopic (exact) mass is 513 g/mol. The molecule has 0 fully saturated rings. The Kier molecular flexibility index (Phi) is 6.58. The normalized spacial score (nSPS) is 14.1. The minimum Gasteiger partial charge on any atom is -0.454 e. The van der Waals surface area contributed by atoms with Crippen molar-refractivity contribution in [2.24, 2.45) is 0 Å². The van der Waals surface area contributed by atoms with Gasteiger partial charge in [0.2, 0.25) is 19.5 Å². The summed E-state index contributed by atoms with van der Waals surface area (Å²) < 4.78 is 27.7. The first-order chi connectivity index (χ1) is 18.6. The van der Waals surface area contributed by atoms with Crippen LogP contribution in [0, 0.1) is 0 Å². The van der Waals surface area contributed by atoms with Gasteiger partial charge >= 0.3 is 0 Å². The molecular weight excluding hydrogens is 486 g/mol. The fraction of sp³-hybridized carbons (Fsp3) is 0.241. The van der Waals surface area contributed by atoms with Crippen molar-refractivity contribution < 1.29 is 28.2 Å². The van der Waals surface area contributed by atoms with Gasteiger partial charge < -0.3 is 28.7 Å². The van der Waals surface area contributed by atoms with Crippen LogP contribution < -0.4 is 24.3 Å². The number of amides is 1. The van der Waals surface area contributed by atoms with E-state index in [9.17, 15) is 4.79 Å². The molecule has 0 radical (unpaired) electrons. The molecule has 1 amide bonds. The third-order valence-electron chi connectivity index (χ3n) is 6.48. The van der Waals surface area contributed by atoms with Crippen molar-refractivity contribution in [3.8, 4) is 23.0 Å². The number of fused-ring (bicyclic) bond motifs is 2. The lowest BCUT2D eigenvalue weighted by Crippen LogP contribution is -2.27. The van der Waals surface area contributed by atoms with E-state index in [4.69, 9.17) is 23.4 Å². The number of rotatable bonds is 9. The van der Waals surface area contributed by atoms with E-state index in [1.54, 1.807) is 0 Å². The van der Waals surface area contributed by atoms with Crippen molar-refractivity contribution in [1.29, 1.82) is 0 Å². The standard InChI is InChI=1S/C29H27N3O6/c1-19(22-5-3-2-4-6-22)30-29(33)23-16-34-28(31-23)15-32(13-20-7-9-24-26(11-20)37-17-35-24)14-21-8-10-25-27(12-21)38-18-36-25/h2-12,16,19H,13-15,17-18H2,1H3,(H,30,33)/t19-/m1/s1. The molecule has 0 bridgehead atoms. The molecule has 6 rings (SSSR count). The maximum Gasteiger partial charge on any atom is 0.273 e. The van der Waals surface area contributed by atoms with E-state index in [1.807, 2.05) is 73.7 Å². The van der Waals surface area contributed by atoms with Crippen LogP contribution in [0.5, 0.6) is 23.0 Å². The molecule has 0 aliphatic carbocycles. The number of oxazole rings is 1. The number of carbonyl (C=O) groups is 1. The molecule has 1 N–H and O–H groups in total. The highest BCUT2D eigenvalue weighted by atomic mass is 16.7. The lowest BCUT2D eigenvalue weighted by atomic mass is 10.1. The predicted octanol–water partition coefficient (Wildman–Crippen LogP) is 4.83. The van der Waals surface area contributed by atoms with Crippen molar-refractivity contribution >= 4 is 5.91 Å². The first-order valence-electron chi connectivity index (χ1n) is 12.4. The maximum absolute atomic E-state index is 12.8. The summed E-state index contributed by atoms with van der Waals surface area (Å²) in [5.74, 6) is 3.10. The summed E-state index contributed by atoms with van der Waals surface area (Å²) in [4.78, 5) is 19.5. The number of nitrogens with one attached hydrogen (secondary N) is 1. The summed E-state index contributed by atoms with van der Waals surface area (Å²) in [6.07, 6.45) is 1.40. The number of ether oxygens (including phenoxy) is 4. The van der Waals surface area contributed by atoms with Gasteiger partial charge in [-0.15, -0.1) is 0 Å². The van der Waals surface area contributed by atoms with Gasteiger partial charge in [-0.3, -0.25) is 9.69 Å². The molecule has 0 unspecified atom stereocenters. The van der Waals surface area contributed by atoms with Crippen LogP contribution in [-0.4, -0.2) is 29.4 Å². The fourth-order valence-corrected chi connectivity index (χ4v) is 4.54. The van der Waals surface area contributed by atoms with Gasteiger partial charge in [0.25, 0.3) is 5.91 Å². The number of hydrogen-bond donors (Lipinski definition) is 1. The molecule has 4 aromatic rings. The average Bonchev–Trinajstić information content (AvgIpc) is 3.69. The van der Waals surface area contributed by atoms with Crippen molar-refractivity contribution in [2.75, 3.05) is 13.6 Å². The lowest BCUT2D eigenvalue weighted by molar-refractivity contribution is 0.0934. The molecule has 9 nitrogen and oxygen atoms in total. The van der Waals surface area contributed by atoms with Gasteiger partial charge in [-0.2, -0.15) is 0 Å². The molecule has 2 aliphatic heterocycles. The Morgan fingerprint density at radius 2 is 1.45 bits per heavy atom. The molecule has 3 heterocycles. The van der Waals surface area contributed by atoms with Crippen molar-refractivity contribution in [2.45, 2.75) is 32.6 Å². The molecule has 0 saturated heterocycles. The van der Waals surface area contributed by atoms with E-state index >= 15 is 0 Å². The van der Waals surface area contributed by atoms with E-state index < -0.39 is 0 Å². The Balaban J connectivity index is 1.18. The van der Waals surface area contributed by atoms with Crippen LogP contribution in [0.15, 0.2) is 77.4 Å². The third kappa shape index (κ3) is 5.28. The third-order valence-corrected chi connectivity index (χ3v) is 6.48. The first kappa shape index (κ1) is 23.9. The van der Waals surface area contributed by atoms with E-state index in [-0.39, 0.29) is 31.2 Å².